The number of nitrogens with zero attached hydrogens (tertiary/aromatic N) is 1. The summed E-state index contributed by atoms with van der Waals surface area (Å²) in [6, 6.07) is 18.1. The standard InChI is InChI=1S/C27H24ClN3O5/c1-3-35-24-14-18(12-19(15-29)27(34)31-20-7-9-22(32)10-8-20)13-23(28)26(24)36-16-25(33)30-21-6-4-5-17(2)11-21/h4-14,32H,3,16H2,1-2H3,(H,30,33)(H,31,34)/b19-12+. The average molecular weight is 506 g/mol. The lowest BCUT2D eigenvalue weighted by Crippen LogP contribution is -2.20. The fraction of sp³-hybridized carbons (Fsp3) is 0.148. The predicted molar refractivity (Wildman–Crippen MR) is 138 cm³/mol. The van der Waals surface area contributed by atoms with Crippen molar-refractivity contribution < 1.29 is 24.2 Å². The highest BCUT2D eigenvalue weighted by molar-refractivity contribution is 6.32. The van der Waals surface area contributed by atoms with Gasteiger partial charge in [-0.05, 0) is 79.6 Å². The summed E-state index contributed by atoms with van der Waals surface area (Å²) in [7, 11) is 0. The number of hydrogen-bond acceptors (Lipinski definition) is 6. The number of benzene rings is 3. The van der Waals surface area contributed by atoms with Crippen molar-refractivity contribution in [2.75, 3.05) is 23.8 Å². The van der Waals surface area contributed by atoms with Gasteiger partial charge in [-0.15, -0.1) is 0 Å². The van der Waals surface area contributed by atoms with Crippen molar-refractivity contribution in [2.45, 2.75) is 13.8 Å². The summed E-state index contributed by atoms with van der Waals surface area (Å²) in [4.78, 5) is 24.9. The second-order valence-electron chi connectivity index (χ2n) is 7.64. The van der Waals surface area contributed by atoms with Crippen LogP contribution in [0.2, 0.25) is 5.02 Å². The predicted octanol–water partition coefficient (Wildman–Crippen LogP) is 5.32. The Morgan fingerprint density at radius 1 is 1.06 bits per heavy atom. The Labute approximate surface area is 213 Å². The number of ether oxygens (including phenoxy) is 2. The molecule has 0 radical (unpaired) electrons. The summed E-state index contributed by atoms with van der Waals surface area (Å²) in [5.41, 5.74) is 2.33. The molecule has 36 heavy (non-hydrogen) atoms. The number of aryl methyl sites for hydroxylation is 1. The zero-order chi connectivity index (χ0) is 26.1. The lowest BCUT2D eigenvalue weighted by atomic mass is 10.1. The normalized spacial score (nSPS) is 10.8. The van der Waals surface area contributed by atoms with Crippen LogP contribution >= 0.6 is 11.6 Å². The Morgan fingerprint density at radius 3 is 2.47 bits per heavy atom. The van der Waals surface area contributed by atoms with Crippen molar-refractivity contribution in [1.82, 2.24) is 0 Å². The van der Waals surface area contributed by atoms with Gasteiger partial charge in [0, 0.05) is 11.4 Å². The Bertz CT molecular complexity index is 1330. The fourth-order valence-electron chi connectivity index (χ4n) is 3.19. The van der Waals surface area contributed by atoms with Crippen molar-refractivity contribution >= 4 is 40.9 Å². The third-order valence-corrected chi connectivity index (χ3v) is 5.06. The number of phenolic OH excluding ortho intramolecular Hbond substituents is 1. The molecular formula is C27H24ClN3O5. The van der Waals surface area contributed by atoms with E-state index in [2.05, 4.69) is 10.6 Å². The van der Waals surface area contributed by atoms with Crippen molar-refractivity contribution in [1.29, 1.82) is 5.26 Å². The minimum Gasteiger partial charge on any atom is -0.508 e. The quantitative estimate of drug-likeness (QED) is 0.206. The zero-order valence-electron chi connectivity index (χ0n) is 19.7. The first kappa shape index (κ1) is 26.1. The van der Waals surface area contributed by atoms with Crippen LogP contribution < -0.4 is 20.1 Å². The molecule has 0 fully saturated rings. The number of aromatic hydroxyl groups is 1. The van der Waals surface area contributed by atoms with E-state index in [1.807, 2.05) is 31.2 Å². The monoisotopic (exact) mass is 505 g/mol. The number of anilines is 2. The molecule has 3 rings (SSSR count). The maximum atomic E-state index is 12.5. The summed E-state index contributed by atoms with van der Waals surface area (Å²) in [6.07, 6.45) is 1.36. The summed E-state index contributed by atoms with van der Waals surface area (Å²) in [6.45, 7) is 3.69. The molecule has 0 unspecified atom stereocenters. The maximum Gasteiger partial charge on any atom is 0.266 e. The number of hydrogen-bond donors (Lipinski definition) is 3. The van der Waals surface area contributed by atoms with E-state index in [0.29, 0.717) is 23.5 Å². The van der Waals surface area contributed by atoms with E-state index in [0.717, 1.165) is 5.56 Å². The van der Waals surface area contributed by atoms with Crippen molar-refractivity contribution in [2.24, 2.45) is 0 Å². The third kappa shape index (κ3) is 7.26. The number of nitrogens with one attached hydrogen (secondary N) is 2. The summed E-state index contributed by atoms with van der Waals surface area (Å²) >= 11 is 6.41. The molecule has 8 nitrogen and oxygen atoms in total. The van der Waals surface area contributed by atoms with Gasteiger partial charge in [-0.25, -0.2) is 0 Å². The zero-order valence-corrected chi connectivity index (χ0v) is 20.4. The molecule has 184 valence electrons. The van der Waals surface area contributed by atoms with E-state index in [1.54, 1.807) is 19.1 Å². The highest BCUT2D eigenvalue weighted by atomic mass is 35.5. The van der Waals surface area contributed by atoms with Gasteiger partial charge < -0.3 is 25.2 Å². The van der Waals surface area contributed by atoms with Crippen LogP contribution in [0.3, 0.4) is 0 Å². The van der Waals surface area contributed by atoms with Gasteiger partial charge in [0.05, 0.1) is 11.6 Å². The Hall–Kier alpha value is -4.48. The first-order valence-corrected chi connectivity index (χ1v) is 11.3. The molecule has 0 bridgehead atoms. The smallest absolute Gasteiger partial charge is 0.266 e. The number of phenols is 1. The molecule has 0 saturated carbocycles. The number of amides is 2. The van der Waals surface area contributed by atoms with Crippen molar-refractivity contribution in [3.8, 4) is 23.3 Å². The molecule has 0 aliphatic carbocycles. The van der Waals surface area contributed by atoms with E-state index < -0.39 is 5.91 Å². The van der Waals surface area contributed by atoms with Gasteiger partial charge in [-0.2, -0.15) is 5.26 Å². The molecule has 3 aromatic carbocycles. The van der Waals surface area contributed by atoms with Gasteiger partial charge >= 0.3 is 0 Å². The molecule has 0 spiro atoms. The number of nitriles is 1. The van der Waals surface area contributed by atoms with Crippen LogP contribution in [0.25, 0.3) is 6.08 Å². The fourth-order valence-corrected chi connectivity index (χ4v) is 3.46. The van der Waals surface area contributed by atoms with Crippen molar-refractivity contribution in [3.63, 3.8) is 0 Å². The van der Waals surface area contributed by atoms with Crippen LogP contribution in [0, 0.1) is 18.3 Å². The first-order chi connectivity index (χ1) is 17.3. The largest absolute Gasteiger partial charge is 0.508 e. The van der Waals surface area contributed by atoms with Gasteiger partial charge in [-0.1, -0.05) is 23.7 Å². The Kier molecular flexibility index (Phi) is 8.92. The first-order valence-electron chi connectivity index (χ1n) is 11.0. The molecule has 3 N–H and O–H groups in total. The topological polar surface area (TPSA) is 121 Å². The number of carbonyl (C=O) groups excluding carboxylic acids is 2. The molecule has 9 heteroatoms. The van der Waals surface area contributed by atoms with Gasteiger partial charge in [0.15, 0.2) is 18.1 Å². The van der Waals surface area contributed by atoms with Crippen LogP contribution in [0.4, 0.5) is 11.4 Å². The molecule has 0 heterocycles. The average Bonchev–Trinajstić information content (AvgIpc) is 2.83. The second-order valence-corrected chi connectivity index (χ2v) is 8.05. The van der Waals surface area contributed by atoms with E-state index in [1.165, 1.54) is 36.4 Å². The molecule has 0 aromatic heterocycles. The van der Waals surface area contributed by atoms with Gasteiger partial charge in [0.2, 0.25) is 0 Å². The van der Waals surface area contributed by atoms with Crippen LogP contribution in [-0.4, -0.2) is 30.1 Å². The van der Waals surface area contributed by atoms with E-state index in [-0.39, 0.29) is 40.4 Å². The van der Waals surface area contributed by atoms with Crippen LogP contribution in [0.1, 0.15) is 18.1 Å². The molecule has 0 aliphatic rings. The molecule has 0 atom stereocenters. The lowest BCUT2D eigenvalue weighted by Gasteiger charge is -2.15. The SMILES string of the molecule is CCOc1cc(/C=C(\C#N)C(=O)Nc2ccc(O)cc2)cc(Cl)c1OCC(=O)Nc1cccc(C)c1. The van der Waals surface area contributed by atoms with Crippen LogP contribution in [0.15, 0.2) is 66.2 Å². The highest BCUT2D eigenvalue weighted by Crippen LogP contribution is 2.37. The van der Waals surface area contributed by atoms with Crippen LogP contribution in [0.5, 0.6) is 17.2 Å². The third-order valence-electron chi connectivity index (χ3n) is 4.78. The highest BCUT2D eigenvalue weighted by Gasteiger charge is 2.16. The minimum absolute atomic E-state index is 0.0529. The molecule has 0 saturated heterocycles. The van der Waals surface area contributed by atoms with E-state index in [4.69, 9.17) is 21.1 Å². The van der Waals surface area contributed by atoms with E-state index in [9.17, 15) is 20.0 Å². The lowest BCUT2D eigenvalue weighted by molar-refractivity contribution is -0.118. The Morgan fingerprint density at radius 2 is 1.81 bits per heavy atom. The van der Waals surface area contributed by atoms with Crippen molar-refractivity contribution in [3.05, 3.63) is 82.4 Å². The molecule has 0 aliphatic heterocycles. The Balaban J connectivity index is 1.76. The molecular weight excluding hydrogens is 482 g/mol. The molecule has 2 amide bonds. The van der Waals surface area contributed by atoms with Gasteiger partial charge in [0.1, 0.15) is 17.4 Å². The molecule has 3 aromatic rings. The number of rotatable bonds is 9. The van der Waals surface area contributed by atoms with E-state index >= 15 is 0 Å². The van der Waals surface area contributed by atoms with Crippen LogP contribution in [-0.2, 0) is 9.59 Å². The number of halogens is 1. The minimum atomic E-state index is -0.634. The maximum absolute atomic E-state index is 12.5. The summed E-state index contributed by atoms with van der Waals surface area (Å²) < 4.78 is 11.3. The van der Waals surface area contributed by atoms with Gasteiger partial charge in [-0.3, -0.25) is 9.59 Å². The summed E-state index contributed by atoms with van der Waals surface area (Å²) in [5.74, 6) is -0.527. The second kappa shape index (κ2) is 12.3. The summed E-state index contributed by atoms with van der Waals surface area (Å²) in [5, 5.41) is 24.4. The number of carbonyl (C=O) groups is 2. The van der Waals surface area contributed by atoms with Gasteiger partial charge in [0.25, 0.3) is 11.8 Å².